The van der Waals surface area contributed by atoms with E-state index in [0.29, 0.717) is 0 Å². The molecule has 8 heteroatoms. The van der Waals surface area contributed by atoms with E-state index < -0.39 is 41.6 Å². The zero-order valence-corrected chi connectivity index (χ0v) is 12.9. The Morgan fingerprint density at radius 2 is 2.13 bits per heavy atom. The quantitative estimate of drug-likeness (QED) is 0.599. The Labute approximate surface area is 132 Å². The van der Waals surface area contributed by atoms with Crippen LogP contribution in [-0.4, -0.2) is 46.9 Å². The lowest BCUT2D eigenvalue weighted by atomic mass is 10.1. The minimum absolute atomic E-state index is 0.158. The average molecular weight is 322 g/mol. The fourth-order valence-corrected chi connectivity index (χ4v) is 2.88. The number of terminal acetylenes is 1. The Bertz CT molecular complexity index is 730. The van der Waals surface area contributed by atoms with Crippen LogP contribution in [0.1, 0.15) is 20.1 Å². The molecule has 2 saturated heterocycles. The third-order valence-electron chi connectivity index (χ3n) is 3.72. The maximum absolute atomic E-state index is 12.0. The highest BCUT2D eigenvalue weighted by molar-refractivity contribution is 4.99. The first kappa shape index (κ1) is 16.0. The number of hydrogen-bond donors (Lipinski definition) is 1. The number of H-pyrrole nitrogens is 1. The van der Waals surface area contributed by atoms with E-state index in [1.807, 2.05) is 0 Å². The second kappa shape index (κ2) is 5.94. The van der Waals surface area contributed by atoms with Crippen molar-refractivity contribution in [2.45, 2.75) is 44.2 Å². The first-order chi connectivity index (χ1) is 10.9. The first-order valence-corrected chi connectivity index (χ1v) is 7.25. The molecular formula is C15H18N2O6. The van der Waals surface area contributed by atoms with Crippen molar-refractivity contribution in [1.82, 2.24) is 9.55 Å². The van der Waals surface area contributed by atoms with E-state index in [1.54, 1.807) is 13.8 Å². The number of fused-ring (bicyclic) bond motifs is 1. The van der Waals surface area contributed by atoms with E-state index in [9.17, 15) is 9.59 Å². The molecule has 8 nitrogen and oxygen atoms in total. The van der Waals surface area contributed by atoms with Gasteiger partial charge < -0.3 is 18.9 Å². The van der Waals surface area contributed by atoms with Gasteiger partial charge in [0.2, 0.25) is 0 Å². The summed E-state index contributed by atoms with van der Waals surface area (Å²) in [7, 11) is 0. The zero-order chi connectivity index (χ0) is 16.6. The van der Waals surface area contributed by atoms with E-state index in [1.165, 1.54) is 16.8 Å². The molecule has 2 fully saturated rings. The van der Waals surface area contributed by atoms with Gasteiger partial charge in [-0.15, -0.1) is 6.42 Å². The fourth-order valence-electron chi connectivity index (χ4n) is 2.88. The maximum Gasteiger partial charge on any atom is 0.330 e. The highest BCUT2D eigenvalue weighted by Crippen LogP contribution is 2.42. The Kier molecular flexibility index (Phi) is 4.12. The van der Waals surface area contributed by atoms with Gasteiger partial charge in [-0.1, -0.05) is 5.92 Å². The molecule has 0 aromatic carbocycles. The van der Waals surface area contributed by atoms with Crippen LogP contribution in [0.3, 0.4) is 0 Å². The van der Waals surface area contributed by atoms with Crippen LogP contribution in [0.2, 0.25) is 0 Å². The highest BCUT2D eigenvalue weighted by atomic mass is 16.8. The number of aromatic nitrogens is 2. The van der Waals surface area contributed by atoms with Crippen LogP contribution in [0.15, 0.2) is 21.9 Å². The van der Waals surface area contributed by atoms with E-state index in [0.717, 1.165) is 0 Å². The Morgan fingerprint density at radius 1 is 1.39 bits per heavy atom. The van der Waals surface area contributed by atoms with Crippen molar-refractivity contribution in [3.63, 3.8) is 0 Å². The van der Waals surface area contributed by atoms with Gasteiger partial charge in [-0.2, -0.15) is 0 Å². The van der Waals surface area contributed by atoms with Crippen molar-refractivity contribution >= 4 is 0 Å². The van der Waals surface area contributed by atoms with Crippen LogP contribution < -0.4 is 11.2 Å². The predicted octanol–water partition coefficient (Wildman–Crippen LogP) is -0.396. The van der Waals surface area contributed by atoms with Crippen molar-refractivity contribution in [2.24, 2.45) is 0 Å². The number of aromatic amines is 1. The summed E-state index contributed by atoms with van der Waals surface area (Å²) >= 11 is 0. The second-order valence-electron chi connectivity index (χ2n) is 5.87. The third kappa shape index (κ3) is 3.09. The summed E-state index contributed by atoms with van der Waals surface area (Å²) in [6.45, 7) is 3.96. The predicted molar refractivity (Wildman–Crippen MR) is 78.7 cm³/mol. The molecule has 1 aromatic heterocycles. The van der Waals surface area contributed by atoms with Gasteiger partial charge in [0, 0.05) is 12.3 Å². The summed E-state index contributed by atoms with van der Waals surface area (Å²) in [4.78, 5) is 25.4. The lowest BCUT2D eigenvalue weighted by Crippen LogP contribution is -2.37. The van der Waals surface area contributed by atoms with Crippen LogP contribution in [0.4, 0.5) is 0 Å². The number of ether oxygens (including phenoxy) is 4. The standard InChI is InChI=1S/C15H18N2O6/c1-4-7-20-8-9-11-12(23-15(2,3)22-11)13(21-9)17-6-5-10(18)16-14(17)19/h1,5-6,9,11-13H,7-8H2,2-3H3,(H,16,18,19)/t9-,11-,12-,13-/m1/s1. The topological polar surface area (TPSA) is 91.8 Å². The molecule has 0 amide bonds. The summed E-state index contributed by atoms with van der Waals surface area (Å²) < 4.78 is 24.2. The summed E-state index contributed by atoms with van der Waals surface area (Å²) in [6, 6.07) is 1.25. The molecule has 2 aliphatic heterocycles. The fraction of sp³-hybridized carbons (Fsp3) is 0.600. The Balaban J connectivity index is 1.87. The van der Waals surface area contributed by atoms with Crippen molar-refractivity contribution in [1.29, 1.82) is 0 Å². The number of nitrogens with zero attached hydrogens (tertiary/aromatic N) is 1. The van der Waals surface area contributed by atoms with E-state index in [-0.39, 0.29) is 13.2 Å². The summed E-state index contributed by atoms with van der Waals surface area (Å²) in [5.74, 6) is 1.58. The molecule has 3 rings (SSSR count). The highest BCUT2D eigenvalue weighted by Gasteiger charge is 2.56. The molecule has 3 heterocycles. The van der Waals surface area contributed by atoms with E-state index in [4.69, 9.17) is 25.4 Å². The van der Waals surface area contributed by atoms with Crippen molar-refractivity contribution in [3.05, 3.63) is 33.1 Å². The zero-order valence-electron chi connectivity index (χ0n) is 12.9. The largest absolute Gasteiger partial charge is 0.366 e. The van der Waals surface area contributed by atoms with Gasteiger partial charge in [-0.25, -0.2) is 4.79 Å². The molecule has 124 valence electrons. The van der Waals surface area contributed by atoms with Crippen LogP contribution in [0, 0.1) is 12.3 Å². The van der Waals surface area contributed by atoms with Gasteiger partial charge >= 0.3 is 5.69 Å². The van der Waals surface area contributed by atoms with Crippen LogP contribution in [-0.2, 0) is 18.9 Å². The van der Waals surface area contributed by atoms with E-state index >= 15 is 0 Å². The van der Waals surface area contributed by atoms with Crippen LogP contribution in [0.5, 0.6) is 0 Å². The molecule has 0 bridgehead atoms. The minimum atomic E-state index is -0.798. The third-order valence-corrected chi connectivity index (χ3v) is 3.72. The SMILES string of the molecule is C#CCOC[C@H]1O[C@@H](n2ccc(=O)[nH]c2=O)[C@@H]2OC(C)(C)O[C@@H]21. The minimum Gasteiger partial charge on any atom is -0.366 e. The molecule has 0 spiro atoms. The molecule has 1 N–H and O–H groups in total. The lowest BCUT2D eigenvalue weighted by Gasteiger charge is -2.24. The number of nitrogens with one attached hydrogen (secondary N) is 1. The molecule has 0 saturated carbocycles. The first-order valence-electron chi connectivity index (χ1n) is 7.25. The van der Waals surface area contributed by atoms with Gasteiger partial charge in [0.05, 0.1) is 6.61 Å². The normalized spacial score (nSPS) is 31.7. The monoisotopic (exact) mass is 322 g/mol. The van der Waals surface area contributed by atoms with Crippen molar-refractivity contribution < 1.29 is 18.9 Å². The van der Waals surface area contributed by atoms with Gasteiger partial charge in [-0.3, -0.25) is 14.3 Å². The van der Waals surface area contributed by atoms with Crippen molar-refractivity contribution in [2.75, 3.05) is 13.2 Å². The van der Waals surface area contributed by atoms with E-state index in [2.05, 4.69) is 10.9 Å². The van der Waals surface area contributed by atoms with Gasteiger partial charge in [-0.05, 0) is 13.8 Å². The summed E-state index contributed by atoms with van der Waals surface area (Å²) in [5.41, 5.74) is -1.04. The molecule has 23 heavy (non-hydrogen) atoms. The van der Waals surface area contributed by atoms with Gasteiger partial charge in [0.25, 0.3) is 5.56 Å². The second-order valence-corrected chi connectivity index (χ2v) is 5.87. The average Bonchev–Trinajstić information content (AvgIpc) is 2.94. The molecular weight excluding hydrogens is 304 g/mol. The van der Waals surface area contributed by atoms with Crippen LogP contribution in [0.25, 0.3) is 0 Å². The molecule has 0 radical (unpaired) electrons. The number of rotatable bonds is 4. The lowest BCUT2D eigenvalue weighted by molar-refractivity contribution is -0.202. The molecule has 1 aromatic rings. The maximum atomic E-state index is 12.0. The summed E-state index contributed by atoms with van der Waals surface area (Å²) in [6.07, 6.45) is 4.50. The van der Waals surface area contributed by atoms with Gasteiger partial charge in [0.15, 0.2) is 12.0 Å². The number of hydrogen-bond acceptors (Lipinski definition) is 6. The van der Waals surface area contributed by atoms with Crippen molar-refractivity contribution in [3.8, 4) is 12.3 Å². The molecule has 0 aliphatic carbocycles. The Hall–Kier alpha value is -1.92. The molecule has 4 atom stereocenters. The summed E-state index contributed by atoms with van der Waals surface area (Å²) in [5, 5.41) is 0. The van der Waals surface area contributed by atoms with Crippen LogP contribution >= 0.6 is 0 Å². The Morgan fingerprint density at radius 3 is 2.83 bits per heavy atom. The van der Waals surface area contributed by atoms with Gasteiger partial charge in [0.1, 0.15) is 24.9 Å². The smallest absolute Gasteiger partial charge is 0.330 e. The molecule has 2 aliphatic rings. The molecule has 0 unspecified atom stereocenters.